The summed E-state index contributed by atoms with van der Waals surface area (Å²) < 4.78 is 5.69. The quantitative estimate of drug-likeness (QED) is 0.874. The van der Waals surface area contributed by atoms with Crippen LogP contribution in [0.5, 0.6) is 0 Å². The Labute approximate surface area is 132 Å². The molecule has 21 heavy (non-hydrogen) atoms. The Bertz CT molecular complexity index is 458. The van der Waals surface area contributed by atoms with E-state index < -0.39 is 0 Å². The number of likely N-dealkylation sites (N-methyl/N-ethyl adjacent to an activating group) is 1. The van der Waals surface area contributed by atoms with Gasteiger partial charge in [-0.05, 0) is 19.3 Å². The lowest BCUT2D eigenvalue weighted by molar-refractivity contribution is 0.118. The molecule has 0 amide bonds. The lowest BCUT2D eigenvalue weighted by Gasteiger charge is -2.26. The average Bonchev–Trinajstić information content (AvgIpc) is 3.01. The molecule has 0 bridgehead atoms. The third-order valence-corrected chi connectivity index (χ3v) is 5.23. The minimum atomic E-state index is 0.290. The highest BCUT2D eigenvalue weighted by molar-refractivity contribution is 7.15. The third kappa shape index (κ3) is 3.96. The molecule has 1 aromatic rings. The van der Waals surface area contributed by atoms with Crippen LogP contribution in [0.25, 0.3) is 0 Å². The monoisotopic (exact) mass is 311 g/mol. The highest BCUT2D eigenvalue weighted by Crippen LogP contribution is 2.33. The van der Waals surface area contributed by atoms with Gasteiger partial charge in [-0.3, -0.25) is 0 Å². The molecule has 2 rings (SSSR count). The van der Waals surface area contributed by atoms with Gasteiger partial charge in [0.2, 0.25) is 0 Å². The smallest absolute Gasteiger partial charge is 0.185 e. The highest BCUT2D eigenvalue weighted by atomic mass is 32.1. The van der Waals surface area contributed by atoms with Gasteiger partial charge in [-0.2, -0.15) is 0 Å². The Kier molecular flexibility index (Phi) is 5.63. The van der Waals surface area contributed by atoms with E-state index >= 15 is 0 Å². The number of aromatic nitrogens is 1. The van der Waals surface area contributed by atoms with Crippen LogP contribution >= 0.6 is 11.3 Å². The van der Waals surface area contributed by atoms with Crippen LogP contribution in [0.1, 0.15) is 57.5 Å². The van der Waals surface area contributed by atoms with Crippen molar-refractivity contribution in [3.05, 3.63) is 10.6 Å². The molecular formula is C16H29N3OS. The van der Waals surface area contributed by atoms with Crippen LogP contribution in [-0.4, -0.2) is 36.8 Å². The van der Waals surface area contributed by atoms with Gasteiger partial charge in [-0.15, -0.1) is 11.3 Å². The van der Waals surface area contributed by atoms with Crippen molar-refractivity contribution in [1.82, 2.24) is 10.3 Å². The fraction of sp³-hybridized carbons (Fsp3) is 0.812. The molecule has 4 nitrogen and oxygen atoms in total. The van der Waals surface area contributed by atoms with Crippen LogP contribution in [0.2, 0.25) is 0 Å². The fourth-order valence-electron chi connectivity index (χ4n) is 2.75. The lowest BCUT2D eigenvalue weighted by Crippen LogP contribution is -2.36. The molecule has 2 heterocycles. The molecule has 0 saturated carbocycles. The van der Waals surface area contributed by atoms with Gasteiger partial charge in [0.15, 0.2) is 5.13 Å². The molecular weight excluding hydrogens is 282 g/mol. The van der Waals surface area contributed by atoms with Crippen molar-refractivity contribution < 1.29 is 4.74 Å². The van der Waals surface area contributed by atoms with Crippen LogP contribution in [0, 0.1) is 0 Å². The van der Waals surface area contributed by atoms with E-state index in [9.17, 15) is 0 Å². The van der Waals surface area contributed by atoms with Crippen LogP contribution in [0.4, 0.5) is 5.13 Å². The Morgan fingerprint density at radius 1 is 1.38 bits per heavy atom. The normalized spacial score (nSPS) is 22.5. The van der Waals surface area contributed by atoms with E-state index in [-0.39, 0.29) is 0 Å². The van der Waals surface area contributed by atoms with Crippen LogP contribution in [0.15, 0.2) is 0 Å². The van der Waals surface area contributed by atoms with Gasteiger partial charge in [-0.25, -0.2) is 4.98 Å². The fourth-order valence-corrected chi connectivity index (χ4v) is 3.93. The SMILES string of the molecule is CC(C)NCc1sc(N(C)C2CCOC2C)nc1C(C)C. The second kappa shape index (κ2) is 7.07. The van der Waals surface area contributed by atoms with Crippen molar-refractivity contribution >= 4 is 16.5 Å². The lowest BCUT2D eigenvalue weighted by atomic mass is 10.1. The first-order chi connectivity index (χ1) is 9.90. The number of anilines is 1. The van der Waals surface area contributed by atoms with E-state index in [1.807, 2.05) is 11.3 Å². The van der Waals surface area contributed by atoms with Crippen molar-refractivity contribution in [2.45, 2.75) is 71.7 Å². The van der Waals surface area contributed by atoms with E-state index in [0.29, 0.717) is 24.1 Å². The van der Waals surface area contributed by atoms with Crippen molar-refractivity contribution in [3.63, 3.8) is 0 Å². The van der Waals surface area contributed by atoms with Crippen LogP contribution in [0.3, 0.4) is 0 Å². The van der Waals surface area contributed by atoms with E-state index in [1.54, 1.807) is 0 Å². The molecule has 0 aliphatic carbocycles. The summed E-state index contributed by atoms with van der Waals surface area (Å²) in [5.74, 6) is 0.463. The molecule has 0 aromatic carbocycles. The summed E-state index contributed by atoms with van der Waals surface area (Å²) in [5, 5.41) is 4.64. The van der Waals surface area contributed by atoms with Crippen LogP contribution < -0.4 is 10.2 Å². The first-order valence-corrected chi connectivity index (χ1v) is 8.79. The summed E-state index contributed by atoms with van der Waals surface area (Å²) in [6, 6.07) is 0.943. The Morgan fingerprint density at radius 3 is 2.62 bits per heavy atom. The summed E-state index contributed by atoms with van der Waals surface area (Å²) in [7, 11) is 2.15. The largest absolute Gasteiger partial charge is 0.376 e. The van der Waals surface area contributed by atoms with Crippen molar-refractivity contribution in [2.75, 3.05) is 18.6 Å². The number of thiazole rings is 1. The van der Waals surface area contributed by atoms with Gasteiger partial charge in [0, 0.05) is 31.1 Å². The maximum atomic E-state index is 5.69. The molecule has 1 N–H and O–H groups in total. The molecule has 0 spiro atoms. The van der Waals surface area contributed by atoms with Crippen LogP contribution in [-0.2, 0) is 11.3 Å². The van der Waals surface area contributed by atoms with E-state index in [2.05, 4.69) is 51.9 Å². The first-order valence-electron chi connectivity index (χ1n) is 7.97. The maximum absolute atomic E-state index is 5.69. The van der Waals surface area contributed by atoms with Crippen molar-refractivity contribution in [1.29, 1.82) is 0 Å². The van der Waals surface area contributed by atoms with Gasteiger partial charge in [-0.1, -0.05) is 27.7 Å². The summed E-state index contributed by atoms with van der Waals surface area (Å²) in [6.07, 6.45) is 1.38. The van der Waals surface area contributed by atoms with Crippen molar-refractivity contribution in [2.24, 2.45) is 0 Å². The summed E-state index contributed by atoms with van der Waals surface area (Å²) in [6.45, 7) is 12.7. The zero-order chi connectivity index (χ0) is 15.6. The Morgan fingerprint density at radius 2 is 2.10 bits per heavy atom. The molecule has 5 heteroatoms. The van der Waals surface area contributed by atoms with E-state index in [0.717, 1.165) is 24.7 Å². The topological polar surface area (TPSA) is 37.4 Å². The summed E-state index contributed by atoms with van der Waals surface area (Å²) >= 11 is 1.82. The Hall–Kier alpha value is -0.650. The molecule has 1 aliphatic rings. The Balaban J connectivity index is 2.17. The predicted molar refractivity (Wildman–Crippen MR) is 90.4 cm³/mol. The summed E-state index contributed by atoms with van der Waals surface area (Å²) in [5.41, 5.74) is 1.24. The number of nitrogens with one attached hydrogen (secondary N) is 1. The molecule has 1 aliphatic heterocycles. The average molecular weight is 311 g/mol. The molecule has 2 unspecified atom stereocenters. The first kappa shape index (κ1) is 16.7. The third-order valence-electron chi connectivity index (χ3n) is 4.07. The number of hydrogen-bond acceptors (Lipinski definition) is 5. The minimum absolute atomic E-state index is 0.290. The van der Waals surface area contributed by atoms with Gasteiger partial charge in [0.25, 0.3) is 0 Å². The van der Waals surface area contributed by atoms with Crippen molar-refractivity contribution in [3.8, 4) is 0 Å². The highest BCUT2D eigenvalue weighted by Gasteiger charge is 2.30. The van der Waals surface area contributed by atoms with E-state index in [4.69, 9.17) is 9.72 Å². The second-order valence-corrected chi connectivity index (χ2v) is 7.60. The zero-order valence-corrected chi connectivity index (χ0v) is 15.0. The zero-order valence-electron chi connectivity index (χ0n) is 14.1. The maximum Gasteiger partial charge on any atom is 0.185 e. The molecule has 2 atom stereocenters. The van der Waals surface area contributed by atoms with Gasteiger partial charge in [0.05, 0.1) is 17.8 Å². The molecule has 1 saturated heterocycles. The number of rotatable bonds is 6. The molecule has 120 valence electrons. The van der Waals surface area contributed by atoms with E-state index in [1.165, 1.54) is 10.6 Å². The molecule has 1 fully saturated rings. The predicted octanol–water partition coefficient (Wildman–Crippen LogP) is 3.38. The van der Waals surface area contributed by atoms with Gasteiger partial charge < -0.3 is 15.0 Å². The summed E-state index contributed by atoms with van der Waals surface area (Å²) in [4.78, 5) is 8.60. The number of ether oxygens (including phenoxy) is 1. The molecule has 0 radical (unpaired) electrons. The van der Waals surface area contributed by atoms with Gasteiger partial charge >= 0.3 is 0 Å². The number of nitrogens with zero attached hydrogens (tertiary/aromatic N) is 2. The molecule has 1 aromatic heterocycles. The number of hydrogen-bond donors (Lipinski definition) is 1. The second-order valence-electron chi connectivity index (χ2n) is 6.54. The van der Waals surface area contributed by atoms with Gasteiger partial charge in [0.1, 0.15) is 0 Å². The minimum Gasteiger partial charge on any atom is -0.376 e. The standard InChI is InChI=1S/C16H29N3OS/c1-10(2)15-14(9-17-11(3)4)21-16(18-15)19(6)13-7-8-20-12(13)5/h10-13,17H,7-9H2,1-6H3.